The van der Waals surface area contributed by atoms with Crippen LogP contribution in [0.5, 0.6) is 0 Å². The Morgan fingerprint density at radius 1 is 1.07 bits per heavy atom. The lowest BCUT2D eigenvalue weighted by molar-refractivity contribution is -0.136. The molecule has 42 heavy (non-hydrogen) atoms. The Hall–Kier alpha value is -4.50. The van der Waals surface area contributed by atoms with Crippen molar-refractivity contribution in [1.82, 2.24) is 9.47 Å². The van der Waals surface area contributed by atoms with Gasteiger partial charge in [0.15, 0.2) is 0 Å². The van der Waals surface area contributed by atoms with E-state index >= 15 is 0 Å². The Labute approximate surface area is 244 Å². The van der Waals surface area contributed by atoms with E-state index in [1.54, 1.807) is 43.8 Å². The van der Waals surface area contributed by atoms with Crippen molar-refractivity contribution in [2.45, 2.75) is 53.2 Å². The maximum atomic E-state index is 13.2. The number of hydrogen-bond donors (Lipinski definition) is 1. The molecule has 0 bridgehead atoms. The number of nitrogens with zero attached hydrogens (tertiary/aromatic N) is 3. The third-order valence-corrected chi connectivity index (χ3v) is 8.22. The summed E-state index contributed by atoms with van der Waals surface area (Å²) in [6, 6.07) is 16.7. The van der Waals surface area contributed by atoms with Gasteiger partial charge in [-0.25, -0.2) is 0 Å². The van der Waals surface area contributed by atoms with Crippen LogP contribution in [-0.4, -0.2) is 41.2 Å². The Balaban J connectivity index is 1.52. The SMILES string of the molecule is CCC(c1ccc2c(c1)N(C)C(=O)C(C)(C)C(=O)N2)N(CCn1ccc2oc(C)cc2c1=O)Cc1ccccc1C=O. The average Bonchev–Trinajstić information content (AvgIpc) is 3.35. The van der Waals surface area contributed by atoms with Gasteiger partial charge in [0.25, 0.3) is 5.56 Å². The number of anilines is 2. The van der Waals surface area contributed by atoms with Crippen LogP contribution in [0.1, 0.15) is 60.5 Å². The number of amides is 2. The smallest absolute Gasteiger partial charge is 0.261 e. The number of carbonyl (C=O) groups is 3. The predicted molar refractivity (Wildman–Crippen MR) is 163 cm³/mol. The van der Waals surface area contributed by atoms with E-state index in [1.807, 2.05) is 49.4 Å². The Kier molecular flexibility index (Phi) is 7.88. The first-order chi connectivity index (χ1) is 20.0. The molecule has 1 aliphatic heterocycles. The molecule has 4 aromatic rings. The number of rotatable bonds is 9. The number of aldehydes is 1. The van der Waals surface area contributed by atoms with Crippen molar-refractivity contribution in [3.05, 3.63) is 93.6 Å². The Morgan fingerprint density at radius 3 is 2.57 bits per heavy atom. The predicted octanol–water partition coefficient (Wildman–Crippen LogP) is 5.31. The second kappa shape index (κ2) is 11.4. The van der Waals surface area contributed by atoms with Crippen LogP contribution in [-0.2, 0) is 22.7 Å². The van der Waals surface area contributed by atoms with E-state index in [-0.39, 0.29) is 23.4 Å². The quantitative estimate of drug-likeness (QED) is 0.217. The standard InChI is InChI=1S/C33H36N4O5/c1-6-27(22-11-12-26-28(18-22)35(5)32(41)33(3,4)31(40)34-26)37(19-23-9-7-8-10-24(23)20-38)16-15-36-14-13-29-25(30(36)39)17-21(2)42-29/h7-14,17-18,20,27H,6,15-16,19H2,1-5H3,(H,34,40). The maximum Gasteiger partial charge on any atom is 0.261 e. The molecule has 0 fully saturated rings. The van der Waals surface area contributed by atoms with Crippen molar-refractivity contribution in [3.63, 3.8) is 0 Å². The molecule has 2 aromatic carbocycles. The zero-order valence-electron chi connectivity index (χ0n) is 24.6. The van der Waals surface area contributed by atoms with Crippen molar-refractivity contribution in [2.75, 3.05) is 23.8 Å². The van der Waals surface area contributed by atoms with E-state index in [1.165, 1.54) is 4.90 Å². The highest BCUT2D eigenvalue weighted by Gasteiger charge is 2.42. The third kappa shape index (κ3) is 5.27. The number of fused-ring (bicyclic) bond motifs is 2. The van der Waals surface area contributed by atoms with Gasteiger partial charge in [0, 0.05) is 44.5 Å². The summed E-state index contributed by atoms with van der Waals surface area (Å²) >= 11 is 0. The molecule has 0 radical (unpaired) electrons. The van der Waals surface area contributed by atoms with Crippen molar-refractivity contribution in [2.24, 2.45) is 5.41 Å². The van der Waals surface area contributed by atoms with Gasteiger partial charge in [0.1, 0.15) is 23.0 Å². The van der Waals surface area contributed by atoms with Crippen molar-refractivity contribution in [3.8, 4) is 0 Å². The minimum atomic E-state index is -1.20. The fourth-order valence-electron chi connectivity index (χ4n) is 5.72. The number of pyridine rings is 1. The minimum absolute atomic E-state index is 0.110. The monoisotopic (exact) mass is 568 g/mol. The summed E-state index contributed by atoms with van der Waals surface area (Å²) in [5.41, 5.74) is 2.90. The summed E-state index contributed by atoms with van der Waals surface area (Å²) in [5, 5.41) is 3.46. The van der Waals surface area contributed by atoms with Gasteiger partial charge in [-0.2, -0.15) is 0 Å². The molecule has 1 aliphatic rings. The zero-order chi connectivity index (χ0) is 30.2. The van der Waals surface area contributed by atoms with Crippen LogP contribution < -0.4 is 15.8 Å². The van der Waals surface area contributed by atoms with Crippen LogP contribution in [0.2, 0.25) is 0 Å². The van der Waals surface area contributed by atoms with Crippen LogP contribution in [0.15, 0.2) is 70.0 Å². The van der Waals surface area contributed by atoms with Crippen LogP contribution in [0, 0.1) is 12.3 Å². The number of aryl methyl sites for hydroxylation is 1. The zero-order valence-corrected chi connectivity index (χ0v) is 24.6. The number of nitrogens with one attached hydrogen (secondary N) is 1. The molecule has 9 heteroatoms. The lowest BCUT2D eigenvalue weighted by Crippen LogP contribution is -2.43. The summed E-state index contributed by atoms with van der Waals surface area (Å²) in [7, 11) is 1.69. The van der Waals surface area contributed by atoms with Crippen molar-refractivity contribution >= 4 is 40.4 Å². The molecule has 0 spiro atoms. The lowest BCUT2D eigenvalue weighted by Gasteiger charge is -2.33. The molecule has 3 heterocycles. The number of furan rings is 1. The number of hydrogen-bond acceptors (Lipinski definition) is 6. The first-order valence-electron chi connectivity index (χ1n) is 14.2. The summed E-state index contributed by atoms with van der Waals surface area (Å²) in [6.45, 7) is 8.57. The average molecular weight is 569 g/mol. The van der Waals surface area contributed by atoms with E-state index in [4.69, 9.17) is 4.42 Å². The Bertz CT molecular complexity index is 1730. The van der Waals surface area contributed by atoms with Gasteiger partial charge < -0.3 is 19.2 Å². The lowest BCUT2D eigenvalue weighted by atomic mass is 9.91. The highest BCUT2D eigenvalue weighted by molar-refractivity contribution is 6.19. The molecule has 5 rings (SSSR count). The van der Waals surface area contributed by atoms with Gasteiger partial charge >= 0.3 is 0 Å². The van der Waals surface area contributed by atoms with Gasteiger partial charge in [-0.3, -0.25) is 24.1 Å². The molecule has 1 atom stereocenters. The molecule has 1 N–H and O–H groups in total. The molecule has 218 valence electrons. The van der Waals surface area contributed by atoms with E-state index < -0.39 is 5.41 Å². The van der Waals surface area contributed by atoms with Gasteiger partial charge in [-0.05, 0) is 62.6 Å². The molecule has 0 aliphatic carbocycles. The maximum absolute atomic E-state index is 13.2. The second-order valence-electron chi connectivity index (χ2n) is 11.4. The molecule has 2 amide bonds. The normalized spacial score (nSPS) is 15.4. The molecular formula is C33H36N4O5. The van der Waals surface area contributed by atoms with Crippen LogP contribution in [0.4, 0.5) is 11.4 Å². The highest BCUT2D eigenvalue weighted by atomic mass is 16.3. The largest absolute Gasteiger partial charge is 0.461 e. The van der Waals surface area contributed by atoms with E-state index in [2.05, 4.69) is 17.1 Å². The summed E-state index contributed by atoms with van der Waals surface area (Å²) < 4.78 is 7.31. The minimum Gasteiger partial charge on any atom is -0.461 e. The Morgan fingerprint density at radius 2 is 1.83 bits per heavy atom. The number of benzene rings is 2. The summed E-state index contributed by atoms with van der Waals surface area (Å²) in [6.07, 6.45) is 3.34. The van der Waals surface area contributed by atoms with E-state index in [0.717, 1.165) is 23.8 Å². The summed E-state index contributed by atoms with van der Waals surface area (Å²) in [5.74, 6) is 0.0504. The fourth-order valence-corrected chi connectivity index (χ4v) is 5.72. The van der Waals surface area contributed by atoms with Crippen molar-refractivity contribution < 1.29 is 18.8 Å². The molecule has 0 saturated carbocycles. The molecule has 0 saturated heterocycles. The van der Waals surface area contributed by atoms with Gasteiger partial charge in [-0.15, -0.1) is 0 Å². The highest BCUT2D eigenvalue weighted by Crippen LogP contribution is 2.38. The van der Waals surface area contributed by atoms with Gasteiger partial charge in [-0.1, -0.05) is 37.3 Å². The molecule has 1 unspecified atom stereocenters. The van der Waals surface area contributed by atoms with E-state index in [9.17, 15) is 19.2 Å². The molecular weight excluding hydrogens is 532 g/mol. The topological polar surface area (TPSA) is 105 Å². The summed E-state index contributed by atoms with van der Waals surface area (Å²) in [4.78, 5) is 54.9. The van der Waals surface area contributed by atoms with Crippen LogP contribution >= 0.6 is 0 Å². The van der Waals surface area contributed by atoms with Crippen LogP contribution in [0.25, 0.3) is 11.0 Å². The third-order valence-electron chi connectivity index (χ3n) is 8.22. The first kappa shape index (κ1) is 29.0. The fraction of sp³-hybridized carbons (Fsp3) is 0.333. The van der Waals surface area contributed by atoms with Crippen LogP contribution in [0.3, 0.4) is 0 Å². The molecule has 2 aromatic heterocycles. The van der Waals surface area contributed by atoms with Gasteiger partial charge in [0.05, 0.1) is 16.8 Å². The number of carbonyl (C=O) groups excluding carboxylic acids is 3. The number of aromatic nitrogens is 1. The van der Waals surface area contributed by atoms with E-state index in [0.29, 0.717) is 53.3 Å². The first-order valence-corrected chi connectivity index (χ1v) is 14.2. The van der Waals surface area contributed by atoms with Crippen molar-refractivity contribution in [1.29, 1.82) is 0 Å². The molecule has 9 nitrogen and oxygen atoms in total. The second-order valence-corrected chi connectivity index (χ2v) is 11.4. The van der Waals surface area contributed by atoms with Gasteiger partial charge in [0.2, 0.25) is 11.8 Å².